The van der Waals surface area contributed by atoms with E-state index in [2.05, 4.69) is 15.3 Å². The predicted molar refractivity (Wildman–Crippen MR) is 87.3 cm³/mol. The molecule has 1 aromatic heterocycles. The number of imidazole rings is 1. The highest BCUT2D eigenvalue weighted by molar-refractivity contribution is 5.68. The number of benzene rings is 1. The van der Waals surface area contributed by atoms with Crippen molar-refractivity contribution in [1.82, 2.24) is 15.3 Å². The molecule has 0 unspecified atom stereocenters. The van der Waals surface area contributed by atoms with E-state index in [9.17, 15) is 4.79 Å². The van der Waals surface area contributed by atoms with E-state index >= 15 is 0 Å². The van der Waals surface area contributed by atoms with Gasteiger partial charge in [-0.1, -0.05) is 36.4 Å². The lowest BCUT2D eigenvalue weighted by atomic mass is 10.1. The molecule has 5 nitrogen and oxygen atoms in total. The zero-order valence-electron chi connectivity index (χ0n) is 13.1. The molecule has 0 saturated carbocycles. The van der Waals surface area contributed by atoms with Crippen LogP contribution in [0.5, 0.6) is 0 Å². The molecule has 0 spiro atoms. The Bertz CT molecular complexity index is 623. The van der Waals surface area contributed by atoms with Crippen LogP contribution in [0.1, 0.15) is 26.3 Å². The van der Waals surface area contributed by atoms with Crippen molar-refractivity contribution in [3.05, 3.63) is 48.4 Å². The maximum absolute atomic E-state index is 11.5. The molecule has 5 heteroatoms. The number of aromatic amines is 1. The van der Waals surface area contributed by atoms with Crippen molar-refractivity contribution < 1.29 is 9.53 Å². The number of alkyl carbamates (subject to hydrolysis) is 1. The normalized spacial score (nSPS) is 11.6. The van der Waals surface area contributed by atoms with E-state index < -0.39 is 11.7 Å². The van der Waals surface area contributed by atoms with Crippen LogP contribution in [0.25, 0.3) is 17.3 Å². The monoisotopic (exact) mass is 299 g/mol. The molecule has 1 heterocycles. The summed E-state index contributed by atoms with van der Waals surface area (Å²) in [6.45, 7) is 5.94. The number of ether oxygens (including phenoxy) is 1. The predicted octanol–water partition coefficient (Wildman–Crippen LogP) is 3.61. The van der Waals surface area contributed by atoms with Gasteiger partial charge in [0.15, 0.2) is 0 Å². The fourth-order valence-electron chi connectivity index (χ4n) is 1.84. The van der Waals surface area contributed by atoms with Crippen molar-refractivity contribution >= 4 is 12.2 Å². The highest BCUT2D eigenvalue weighted by Crippen LogP contribution is 2.16. The fourth-order valence-corrected chi connectivity index (χ4v) is 1.84. The van der Waals surface area contributed by atoms with E-state index in [1.165, 1.54) is 0 Å². The second kappa shape index (κ2) is 6.93. The molecule has 0 aliphatic carbocycles. The van der Waals surface area contributed by atoms with E-state index in [0.717, 1.165) is 16.8 Å². The summed E-state index contributed by atoms with van der Waals surface area (Å²) >= 11 is 0. The van der Waals surface area contributed by atoms with Crippen LogP contribution >= 0.6 is 0 Å². The largest absolute Gasteiger partial charge is 0.444 e. The highest BCUT2D eigenvalue weighted by atomic mass is 16.6. The molecule has 0 aliphatic heterocycles. The summed E-state index contributed by atoms with van der Waals surface area (Å²) in [4.78, 5) is 18.5. The summed E-state index contributed by atoms with van der Waals surface area (Å²) in [5, 5.41) is 2.68. The van der Waals surface area contributed by atoms with Crippen molar-refractivity contribution in [3.8, 4) is 11.3 Å². The molecular formula is C17H21N3O2. The van der Waals surface area contributed by atoms with Gasteiger partial charge in [0, 0.05) is 6.54 Å². The minimum Gasteiger partial charge on any atom is -0.444 e. The number of carbonyl (C=O) groups is 1. The second-order valence-corrected chi connectivity index (χ2v) is 5.87. The third-order valence-corrected chi connectivity index (χ3v) is 2.79. The van der Waals surface area contributed by atoms with E-state index in [0.29, 0.717) is 6.54 Å². The average Bonchev–Trinajstić information content (AvgIpc) is 2.96. The smallest absolute Gasteiger partial charge is 0.407 e. The van der Waals surface area contributed by atoms with E-state index in [1.54, 1.807) is 12.5 Å². The molecule has 0 bridgehead atoms. The number of hydrogen-bond donors (Lipinski definition) is 2. The van der Waals surface area contributed by atoms with Crippen molar-refractivity contribution in [2.45, 2.75) is 26.4 Å². The Morgan fingerprint density at radius 1 is 1.32 bits per heavy atom. The van der Waals surface area contributed by atoms with Gasteiger partial charge in [0.25, 0.3) is 0 Å². The van der Waals surface area contributed by atoms with Crippen LogP contribution in [0.2, 0.25) is 0 Å². The number of carbonyl (C=O) groups excluding carboxylic acids is 1. The van der Waals surface area contributed by atoms with Gasteiger partial charge in [-0.3, -0.25) is 0 Å². The Labute approximate surface area is 130 Å². The molecule has 0 aliphatic rings. The first-order chi connectivity index (χ1) is 10.4. The minimum atomic E-state index is -0.476. The van der Waals surface area contributed by atoms with Gasteiger partial charge < -0.3 is 15.0 Å². The zero-order chi connectivity index (χ0) is 16.0. The first-order valence-electron chi connectivity index (χ1n) is 7.16. The third kappa shape index (κ3) is 5.09. The summed E-state index contributed by atoms with van der Waals surface area (Å²) in [7, 11) is 0. The number of rotatable bonds is 4. The summed E-state index contributed by atoms with van der Waals surface area (Å²) in [5.41, 5.74) is 2.66. The van der Waals surface area contributed by atoms with Crippen LogP contribution in [0, 0.1) is 0 Å². The number of hydrogen-bond acceptors (Lipinski definition) is 3. The molecule has 1 aromatic carbocycles. The molecule has 0 saturated heterocycles. The molecular weight excluding hydrogens is 278 g/mol. The van der Waals surface area contributed by atoms with Gasteiger partial charge in [-0.15, -0.1) is 0 Å². The van der Waals surface area contributed by atoms with Crippen molar-refractivity contribution in [3.63, 3.8) is 0 Å². The van der Waals surface area contributed by atoms with Crippen molar-refractivity contribution in [2.75, 3.05) is 6.54 Å². The average molecular weight is 299 g/mol. The number of amides is 1. The molecule has 116 valence electrons. The van der Waals surface area contributed by atoms with E-state index in [-0.39, 0.29) is 0 Å². The van der Waals surface area contributed by atoms with Crippen LogP contribution in [0.3, 0.4) is 0 Å². The molecule has 0 atom stereocenters. The van der Waals surface area contributed by atoms with Gasteiger partial charge in [-0.05, 0) is 31.9 Å². The Morgan fingerprint density at radius 3 is 2.64 bits per heavy atom. The van der Waals surface area contributed by atoms with Crippen LogP contribution in [-0.4, -0.2) is 28.2 Å². The lowest BCUT2D eigenvalue weighted by Crippen LogP contribution is -2.32. The van der Waals surface area contributed by atoms with Gasteiger partial charge in [0.2, 0.25) is 0 Å². The molecule has 22 heavy (non-hydrogen) atoms. The summed E-state index contributed by atoms with van der Waals surface area (Å²) in [6.07, 6.45) is 6.87. The second-order valence-electron chi connectivity index (χ2n) is 5.87. The third-order valence-electron chi connectivity index (χ3n) is 2.79. The first kappa shape index (κ1) is 15.8. The van der Waals surface area contributed by atoms with E-state index in [1.807, 2.05) is 57.2 Å². The van der Waals surface area contributed by atoms with Gasteiger partial charge in [-0.2, -0.15) is 0 Å². The number of H-pyrrole nitrogens is 1. The lowest BCUT2D eigenvalue weighted by molar-refractivity contribution is 0.0534. The Balaban J connectivity index is 1.82. The van der Waals surface area contributed by atoms with Crippen LogP contribution in [0.4, 0.5) is 4.79 Å². The van der Waals surface area contributed by atoms with Crippen LogP contribution in [-0.2, 0) is 4.74 Å². The van der Waals surface area contributed by atoms with Crippen molar-refractivity contribution in [2.24, 2.45) is 0 Å². The Kier molecular flexibility index (Phi) is 4.99. The minimum absolute atomic E-state index is 0.410. The topological polar surface area (TPSA) is 67.0 Å². The lowest BCUT2D eigenvalue weighted by Gasteiger charge is -2.19. The van der Waals surface area contributed by atoms with Gasteiger partial charge in [0.1, 0.15) is 5.60 Å². The van der Waals surface area contributed by atoms with E-state index in [4.69, 9.17) is 4.74 Å². The Morgan fingerprint density at radius 2 is 2.05 bits per heavy atom. The van der Waals surface area contributed by atoms with Gasteiger partial charge in [-0.25, -0.2) is 9.78 Å². The molecule has 2 N–H and O–H groups in total. The molecule has 1 amide bonds. The summed E-state index contributed by atoms with van der Waals surface area (Å²) in [6, 6.07) is 8.07. The highest BCUT2D eigenvalue weighted by Gasteiger charge is 2.14. The fraction of sp³-hybridized carbons (Fsp3) is 0.294. The zero-order valence-corrected chi connectivity index (χ0v) is 13.1. The van der Waals surface area contributed by atoms with Crippen LogP contribution < -0.4 is 5.32 Å². The number of aromatic nitrogens is 2. The quantitative estimate of drug-likeness (QED) is 0.906. The Hall–Kier alpha value is -2.56. The number of nitrogens with one attached hydrogen (secondary N) is 2. The van der Waals surface area contributed by atoms with Crippen LogP contribution in [0.15, 0.2) is 42.9 Å². The van der Waals surface area contributed by atoms with Gasteiger partial charge >= 0.3 is 6.09 Å². The first-order valence-corrected chi connectivity index (χ1v) is 7.16. The molecule has 2 rings (SSSR count). The summed E-state index contributed by atoms with van der Waals surface area (Å²) < 4.78 is 5.15. The van der Waals surface area contributed by atoms with Crippen molar-refractivity contribution in [1.29, 1.82) is 0 Å². The maximum atomic E-state index is 11.5. The summed E-state index contributed by atoms with van der Waals surface area (Å²) in [5.74, 6) is 0. The molecule has 0 radical (unpaired) electrons. The maximum Gasteiger partial charge on any atom is 0.407 e. The SMILES string of the molecule is CC(C)(C)OC(=O)NCC=Cc1ccc(-c2cnc[nH]2)cc1. The molecule has 0 fully saturated rings. The number of nitrogens with zero attached hydrogens (tertiary/aromatic N) is 1. The van der Waals surface area contributed by atoms with Gasteiger partial charge in [0.05, 0.1) is 18.2 Å². The molecule has 2 aromatic rings. The standard InChI is InChI=1S/C17H21N3O2/c1-17(2,3)22-16(21)19-10-4-5-13-6-8-14(9-7-13)15-11-18-12-20-15/h4-9,11-12H,10H2,1-3H3,(H,18,20)(H,19,21).